The van der Waals surface area contributed by atoms with E-state index in [2.05, 4.69) is 11.9 Å². The minimum Gasteiger partial charge on any atom is -0.504 e. The molecule has 1 heterocycles. The second-order valence-corrected chi connectivity index (χ2v) is 6.18. The predicted octanol–water partition coefficient (Wildman–Crippen LogP) is 2.89. The normalized spacial score (nSPS) is 17.4. The van der Waals surface area contributed by atoms with Crippen molar-refractivity contribution in [1.29, 1.82) is 0 Å². The van der Waals surface area contributed by atoms with Gasteiger partial charge in [0.15, 0.2) is 23.0 Å². The Labute approximate surface area is 142 Å². The van der Waals surface area contributed by atoms with Crippen LogP contribution < -0.4 is 9.47 Å². The summed E-state index contributed by atoms with van der Waals surface area (Å²) in [7, 11) is 5.19. The van der Waals surface area contributed by atoms with Crippen LogP contribution in [-0.2, 0) is 12.8 Å². The highest BCUT2D eigenvalue weighted by Crippen LogP contribution is 2.39. The molecule has 0 amide bonds. The van der Waals surface area contributed by atoms with E-state index in [1.54, 1.807) is 32.4 Å². The zero-order valence-electron chi connectivity index (χ0n) is 14.2. The molecule has 1 aliphatic rings. The van der Waals surface area contributed by atoms with Crippen molar-refractivity contribution in [3.05, 3.63) is 47.0 Å². The summed E-state index contributed by atoms with van der Waals surface area (Å²) >= 11 is 0. The van der Waals surface area contributed by atoms with Crippen molar-refractivity contribution in [1.82, 2.24) is 4.90 Å². The zero-order valence-corrected chi connectivity index (χ0v) is 14.2. The third-order valence-corrected chi connectivity index (χ3v) is 4.74. The van der Waals surface area contributed by atoms with E-state index in [1.807, 2.05) is 12.1 Å². The molecule has 0 saturated heterocycles. The Kier molecular flexibility index (Phi) is 4.53. The number of aromatic hydroxyl groups is 2. The lowest BCUT2D eigenvalue weighted by Crippen LogP contribution is -2.33. The maximum Gasteiger partial charge on any atom is 0.160 e. The zero-order chi connectivity index (χ0) is 17.3. The van der Waals surface area contributed by atoms with Gasteiger partial charge in [0.25, 0.3) is 0 Å². The molecule has 1 aliphatic heterocycles. The standard InChI is InChI=1S/C19H23NO4/c1-20-7-6-13-10-17(22)19(24-3)11-14(13)15(20)8-12-4-5-18(23-2)16(21)9-12/h4-5,9-11,15,21-22H,6-8H2,1-3H3/t15-/m1/s1. The summed E-state index contributed by atoms with van der Waals surface area (Å²) in [6, 6.07) is 9.40. The van der Waals surface area contributed by atoms with E-state index in [-0.39, 0.29) is 17.5 Å². The first-order valence-corrected chi connectivity index (χ1v) is 7.99. The number of phenolic OH excluding ortho intramolecular Hbond substituents is 2. The van der Waals surface area contributed by atoms with Gasteiger partial charge in [-0.25, -0.2) is 0 Å². The smallest absolute Gasteiger partial charge is 0.160 e. The van der Waals surface area contributed by atoms with E-state index < -0.39 is 0 Å². The maximum absolute atomic E-state index is 10.0. The van der Waals surface area contributed by atoms with Crippen LogP contribution in [0.4, 0.5) is 0 Å². The molecular formula is C19H23NO4. The van der Waals surface area contributed by atoms with Crippen LogP contribution in [0, 0.1) is 0 Å². The molecule has 5 heteroatoms. The summed E-state index contributed by atoms with van der Waals surface area (Å²) in [5.74, 6) is 1.30. The molecule has 5 nitrogen and oxygen atoms in total. The van der Waals surface area contributed by atoms with E-state index in [4.69, 9.17) is 9.47 Å². The van der Waals surface area contributed by atoms with Crippen molar-refractivity contribution in [2.24, 2.45) is 0 Å². The Morgan fingerprint density at radius 2 is 1.75 bits per heavy atom. The summed E-state index contributed by atoms with van der Waals surface area (Å²) in [4.78, 5) is 2.29. The number of rotatable bonds is 4. The first-order chi connectivity index (χ1) is 11.5. The van der Waals surface area contributed by atoms with Gasteiger partial charge in [0.1, 0.15) is 0 Å². The van der Waals surface area contributed by atoms with Gasteiger partial charge >= 0.3 is 0 Å². The van der Waals surface area contributed by atoms with Gasteiger partial charge in [-0.1, -0.05) is 6.07 Å². The fraction of sp³-hybridized carbons (Fsp3) is 0.368. The van der Waals surface area contributed by atoms with Gasteiger partial charge in [-0.15, -0.1) is 0 Å². The number of likely N-dealkylation sites (N-methyl/N-ethyl adjacent to an activating group) is 1. The SMILES string of the molecule is COc1ccc(C[C@@H]2c3cc(OC)c(O)cc3CCN2C)cc1O. The van der Waals surface area contributed by atoms with Crippen molar-refractivity contribution in [3.8, 4) is 23.0 Å². The largest absolute Gasteiger partial charge is 0.504 e. The Bertz CT molecular complexity index is 744. The lowest BCUT2D eigenvalue weighted by molar-refractivity contribution is 0.228. The minimum atomic E-state index is 0.150. The van der Waals surface area contributed by atoms with Gasteiger partial charge in [0.2, 0.25) is 0 Å². The molecular weight excluding hydrogens is 306 g/mol. The van der Waals surface area contributed by atoms with Crippen LogP contribution in [-0.4, -0.2) is 42.9 Å². The second-order valence-electron chi connectivity index (χ2n) is 6.18. The van der Waals surface area contributed by atoms with Crippen LogP contribution >= 0.6 is 0 Å². The lowest BCUT2D eigenvalue weighted by Gasteiger charge is -2.35. The fourth-order valence-corrected chi connectivity index (χ4v) is 3.36. The number of phenols is 2. The van der Waals surface area contributed by atoms with Gasteiger partial charge in [-0.05, 0) is 60.8 Å². The van der Waals surface area contributed by atoms with Crippen LogP contribution in [0.1, 0.15) is 22.7 Å². The lowest BCUT2D eigenvalue weighted by atomic mass is 9.88. The van der Waals surface area contributed by atoms with Crippen LogP contribution in [0.5, 0.6) is 23.0 Å². The van der Waals surface area contributed by atoms with Crippen LogP contribution in [0.2, 0.25) is 0 Å². The van der Waals surface area contributed by atoms with Crippen molar-refractivity contribution in [2.45, 2.75) is 18.9 Å². The van der Waals surface area contributed by atoms with E-state index in [1.165, 1.54) is 0 Å². The number of nitrogens with zero attached hydrogens (tertiary/aromatic N) is 1. The van der Waals surface area contributed by atoms with Crippen LogP contribution in [0.25, 0.3) is 0 Å². The first-order valence-electron chi connectivity index (χ1n) is 7.99. The molecule has 0 spiro atoms. The second kappa shape index (κ2) is 6.61. The molecule has 2 N–H and O–H groups in total. The third-order valence-electron chi connectivity index (χ3n) is 4.74. The van der Waals surface area contributed by atoms with Crippen LogP contribution in [0.3, 0.4) is 0 Å². The molecule has 0 fully saturated rings. The van der Waals surface area contributed by atoms with Crippen molar-refractivity contribution >= 4 is 0 Å². The number of benzene rings is 2. The van der Waals surface area contributed by atoms with Gasteiger partial charge in [0, 0.05) is 12.6 Å². The van der Waals surface area contributed by atoms with E-state index in [9.17, 15) is 10.2 Å². The highest BCUT2D eigenvalue weighted by molar-refractivity contribution is 5.49. The minimum absolute atomic E-state index is 0.150. The molecule has 0 bridgehead atoms. The summed E-state index contributed by atoms with van der Waals surface area (Å²) < 4.78 is 10.4. The van der Waals surface area contributed by atoms with Gasteiger partial charge < -0.3 is 19.7 Å². The molecule has 24 heavy (non-hydrogen) atoms. The average Bonchev–Trinajstić information content (AvgIpc) is 2.57. The van der Waals surface area contributed by atoms with Gasteiger partial charge in [-0.2, -0.15) is 0 Å². The Morgan fingerprint density at radius 3 is 2.42 bits per heavy atom. The number of fused-ring (bicyclic) bond motifs is 1. The van der Waals surface area contributed by atoms with Gasteiger partial charge in [0.05, 0.1) is 14.2 Å². The number of ether oxygens (including phenoxy) is 2. The molecule has 0 aliphatic carbocycles. The molecule has 128 valence electrons. The van der Waals surface area contributed by atoms with E-state index >= 15 is 0 Å². The summed E-state index contributed by atoms with van der Waals surface area (Å²) in [6.07, 6.45) is 1.66. The van der Waals surface area contributed by atoms with E-state index in [0.29, 0.717) is 11.5 Å². The molecule has 2 aromatic carbocycles. The molecule has 2 aromatic rings. The Hall–Kier alpha value is -2.40. The van der Waals surface area contributed by atoms with Crippen molar-refractivity contribution < 1.29 is 19.7 Å². The molecule has 0 unspecified atom stereocenters. The van der Waals surface area contributed by atoms with E-state index in [0.717, 1.165) is 36.1 Å². The van der Waals surface area contributed by atoms with Crippen LogP contribution in [0.15, 0.2) is 30.3 Å². The fourth-order valence-electron chi connectivity index (χ4n) is 3.36. The van der Waals surface area contributed by atoms with Crippen molar-refractivity contribution in [2.75, 3.05) is 27.8 Å². The number of hydrogen-bond acceptors (Lipinski definition) is 5. The molecule has 0 radical (unpaired) electrons. The predicted molar refractivity (Wildman–Crippen MR) is 92.1 cm³/mol. The third kappa shape index (κ3) is 2.99. The quantitative estimate of drug-likeness (QED) is 0.903. The summed E-state index contributed by atoms with van der Waals surface area (Å²) in [6.45, 7) is 0.922. The first kappa shape index (κ1) is 16.5. The Morgan fingerprint density at radius 1 is 1.04 bits per heavy atom. The highest BCUT2D eigenvalue weighted by atomic mass is 16.5. The molecule has 3 rings (SSSR count). The van der Waals surface area contributed by atoms with Crippen molar-refractivity contribution in [3.63, 3.8) is 0 Å². The average molecular weight is 329 g/mol. The topological polar surface area (TPSA) is 62.2 Å². The summed E-state index contributed by atoms with van der Waals surface area (Å²) in [5, 5.41) is 20.0. The summed E-state index contributed by atoms with van der Waals surface area (Å²) in [5.41, 5.74) is 3.34. The highest BCUT2D eigenvalue weighted by Gasteiger charge is 2.27. The molecule has 0 aromatic heterocycles. The van der Waals surface area contributed by atoms with Gasteiger partial charge in [-0.3, -0.25) is 4.90 Å². The number of methoxy groups -OCH3 is 2. The Balaban J connectivity index is 1.95. The molecule has 0 saturated carbocycles. The monoisotopic (exact) mass is 329 g/mol. The maximum atomic E-state index is 10.0. The molecule has 1 atom stereocenters. The number of hydrogen-bond donors (Lipinski definition) is 2.